The molecule has 0 spiro atoms. The maximum Gasteiger partial charge on any atom is 0.261 e. The Morgan fingerprint density at radius 3 is 2.16 bits per heavy atom. The first-order chi connectivity index (χ1) is 11.8. The summed E-state index contributed by atoms with van der Waals surface area (Å²) in [5.41, 5.74) is 3.39. The molecule has 2 aromatic rings. The molecule has 0 bridgehead atoms. The van der Waals surface area contributed by atoms with Gasteiger partial charge in [-0.2, -0.15) is 0 Å². The van der Waals surface area contributed by atoms with Crippen molar-refractivity contribution in [2.75, 3.05) is 0 Å². The standard InChI is InChI=1S/C22H29NO2/c1-15(2)11-21(19-9-7-6-8-10-19)23-22(24)18(5)25-20-13-16(3)12-17(4)14-20/h6-10,12-15,18,21H,11H2,1-5H3,(H,23,24). The van der Waals surface area contributed by atoms with E-state index in [1.165, 1.54) is 0 Å². The molecule has 2 aromatic carbocycles. The van der Waals surface area contributed by atoms with Crippen LogP contribution >= 0.6 is 0 Å². The van der Waals surface area contributed by atoms with Crippen molar-refractivity contribution in [3.63, 3.8) is 0 Å². The monoisotopic (exact) mass is 339 g/mol. The van der Waals surface area contributed by atoms with E-state index in [0.29, 0.717) is 5.92 Å². The first-order valence-corrected chi connectivity index (χ1v) is 8.95. The van der Waals surface area contributed by atoms with Crippen LogP contribution in [0.5, 0.6) is 5.75 Å². The molecule has 0 aliphatic heterocycles. The number of ether oxygens (including phenoxy) is 1. The van der Waals surface area contributed by atoms with Crippen LogP contribution < -0.4 is 10.1 Å². The van der Waals surface area contributed by atoms with E-state index < -0.39 is 6.10 Å². The summed E-state index contributed by atoms with van der Waals surface area (Å²) in [6.07, 6.45) is 0.353. The number of nitrogens with one attached hydrogen (secondary N) is 1. The zero-order chi connectivity index (χ0) is 18.4. The van der Waals surface area contributed by atoms with Gasteiger partial charge in [0.2, 0.25) is 0 Å². The largest absolute Gasteiger partial charge is 0.481 e. The van der Waals surface area contributed by atoms with Gasteiger partial charge in [0, 0.05) is 0 Å². The van der Waals surface area contributed by atoms with Crippen LogP contribution in [-0.4, -0.2) is 12.0 Å². The van der Waals surface area contributed by atoms with Gasteiger partial charge in [-0.15, -0.1) is 0 Å². The van der Waals surface area contributed by atoms with Crippen molar-refractivity contribution in [2.24, 2.45) is 5.92 Å². The third-order valence-electron chi connectivity index (χ3n) is 4.10. The topological polar surface area (TPSA) is 38.3 Å². The molecular formula is C22H29NO2. The highest BCUT2D eigenvalue weighted by molar-refractivity contribution is 5.81. The summed E-state index contributed by atoms with van der Waals surface area (Å²) in [6, 6.07) is 16.1. The van der Waals surface area contributed by atoms with E-state index in [0.717, 1.165) is 28.9 Å². The van der Waals surface area contributed by atoms with E-state index in [1.54, 1.807) is 6.92 Å². The fraction of sp³-hybridized carbons (Fsp3) is 0.409. The third-order valence-corrected chi connectivity index (χ3v) is 4.10. The van der Waals surface area contributed by atoms with Crippen LogP contribution in [0.15, 0.2) is 48.5 Å². The van der Waals surface area contributed by atoms with Crippen LogP contribution in [0.4, 0.5) is 0 Å². The van der Waals surface area contributed by atoms with E-state index >= 15 is 0 Å². The van der Waals surface area contributed by atoms with E-state index in [2.05, 4.69) is 37.4 Å². The molecule has 2 rings (SSSR count). The molecule has 2 atom stereocenters. The molecule has 0 saturated heterocycles. The number of hydrogen-bond donors (Lipinski definition) is 1. The molecule has 0 fully saturated rings. The Morgan fingerprint density at radius 1 is 1.00 bits per heavy atom. The zero-order valence-corrected chi connectivity index (χ0v) is 15.9. The summed E-state index contributed by atoms with van der Waals surface area (Å²) in [7, 11) is 0. The Morgan fingerprint density at radius 2 is 1.60 bits per heavy atom. The highest BCUT2D eigenvalue weighted by Gasteiger charge is 2.21. The highest BCUT2D eigenvalue weighted by Crippen LogP contribution is 2.22. The molecule has 134 valence electrons. The summed E-state index contributed by atoms with van der Waals surface area (Å²) in [5, 5.41) is 3.15. The number of aryl methyl sites for hydroxylation is 2. The second kappa shape index (κ2) is 8.70. The molecule has 0 aliphatic carbocycles. The van der Waals surface area contributed by atoms with Crippen molar-refractivity contribution in [3.05, 3.63) is 65.2 Å². The van der Waals surface area contributed by atoms with Gasteiger partial charge < -0.3 is 10.1 Å². The van der Waals surface area contributed by atoms with Gasteiger partial charge in [0.1, 0.15) is 5.75 Å². The van der Waals surface area contributed by atoms with Crippen molar-refractivity contribution < 1.29 is 9.53 Å². The average Bonchev–Trinajstić information content (AvgIpc) is 2.53. The molecule has 2 unspecified atom stereocenters. The Hall–Kier alpha value is -2.29. The van der Waals surface area contributed by atoms with Crippen LogP contribution in [0.2, 0.25) is 0 Å². The maximum absolute atomic E-state index is 12.6. The molecular weight excluding hydrogens is 310 g/mol. The smallest absolute Gasteiger partial charge is 0.261 e. The van der Waals surface area contributed by atoms with Crippen LogP contribution in [0.25, 0.3) is 0 Å². The van der Waals surface area contributed by atoms with Crippen molar-refractivity contribution in [3.8, 4) is 5.75 Å². The highest BCUT2D eigenvalue weighted by atomic mass is 16.5. The van der Waals surface area contributed by atoms with Crippen LogP contribution in [-0.2, 0) is 4.79 Å². The van der Waals surface area contributed by atoms with Gasteiger partial charge >= 0.3 is 0 Å². The SMILES string of the molecule is Cc1cc(C)cc(OC(C)C(=O)NC(CC(C)C)c2ccccc2)c1. The molecule has 0 heterocycles. The Kier molecular flexibility index (Phi) is 6.63. The molecule has 0 radical (unpaired) electrons. The molecule has 3 nitrogen and oxygen atoms in total. The Bertz CT molecular complexity index is 674. The minimum atomic E-state index is -0.542. The maximum atomic E-state index is 12.6. The summed E-state index contributed by atoms with van der Waals surface area (Å²) in [5.74, 6) is 1.13. The average molecular weight is 339 g/mol. The molecule has 1 N–H and O–H groups in total. The molecule has 0 aromatic heterocycles. The van der Waals surface area contributed by atoms with Crippen LogP contribution in [0.3, 0.4) is 0 Å². The van der Waals surface area contributed by atoms with Gasteiger partial charge in [0.05, 0.1) is 6.04 Å². The van der Waals surface area contributed by atoms with Gasteiger partial charge in [0.15, 0.2) is 6.10 Å². The number of carbonyl (C=O) groups excluding carboxylic acids is 1. The third kappa shape index (κ3) is 5.93. The van der Waals surface area contributed by atoms with Crippen molar-refractivity contribution in [1.82, 2.24) is 5.32 Å². The number of rotatable bonds is 7. The van der Waals surface area contributed by atoms with Crippen LogP contribution in [0.1, 0.15) is 49.9 Å². The first-order valence-electron chi connectivity index (χ1n) is 8.95. The van der Waals surface area contributed by atoms with Gasteiger partial charge in [-0.3, -0.25) is 4.79 Å². The lowest BCUT2D eigenvalue weighted by molar-refractivity contribution is -0.128. The second-order valence-corrected chi connectivity index (χ2v) is 7.18. The fourth-order valence-corrected chi connectivity index (χ4v) is 2.98. The summed E-state index contributed by atoms with van der Waals surface area (Å²) in [4.78, 5) is 12.6. The number of amides is 1. The molecule has 0 aliphatic rings. The molecule has 1 amide bonds. The minimum absolute atomic E-state index is 0.000930. The van der Waals surface area contributed by atoms with Crippen LogP contribution in [0, 0.1) is 19.8 Å². The quantitative estimate of drug-likeness (QED) is 0.773. The molecule has 25 heavy (non-hydrogen) atoms. The van der Waals surface area contributed by atoms with Crippen molar-refractivity contribution in [2.45, 2.75) is 53.2 Å². The Balaban J connectivity index is 2.06. The van der Waals surface area contributed by atoms with Gasteiger partial charge in [-0.25, -0.2) is 0 Å². The fourth-order valence-electron chi connectivity index (χ4n) is 2.98. The summed E-state index contributed by atoms with van der Waals surface area (Å²) < 4.78 is 5.87. The second-order valence-electron chi connectivity index (χ2n) is 7.18. The molecule has 0 saturated carbocycles. The van der Waals surface area contributed by atoms with E-state index in [-0.39, 0.29) is 11.9 Å². The zero-order valence-electron chi connectivity index (χ0n) is 15.9. The Labute approximate surface area is 151 Å². The van der Waals surface area contributed by atoms with Gasteiger partial charge in [-0.1, -0.05) is 50.2 Å². The van der Waals surface area contributed by atoms with E-state index in [4.69, 9.17) is 4.74 Å². The van der Waals surface area contributed by atoms with E-state index in [9.17, 15) is 4.79 Å². The normalized spacial score (nSPS) is 13.4. The lowest BCUT2D eigenvalue weighted by Crippen LogP contribution is -2.39. The number of carbonyl (C=O) groups is 1. The van der Waals surface area contributed by atoms with Gasteiger partial charge in [-0.05, 0) is 61.9 Å². The first kappa shape index (κ1) is 19.0. The lowest BCUT2D eigenvalue weighted by atomic mass is 9.97. The molecule has 3 heteroatoms. The number of benzene rings is 2. The predicted octanol–water partition coefficient (Wildman–Crippen LogP) is 4.97. The number of hydrogen-bond acceptors (Lipinski definition) is 2. The van der Waals surface area contributed by atoms with Gasteiger partial charge in [0.25, 0.3) is 5.91 Å². The van der Waals surface area contributed by atoms with Crippen molar-refractivity contribution in [1.29, 1.82) is 0 Å². The predicted molar refractivity (Wildman–Crippen MR) is 103 cm³/mol. The van der Waals surface area contributed by atoms with E-state index in [1.807, 2.05) is 44.2 Å². The summed E-state index contributed by atoms with van der Waals surface area (Å²) in [6.45, 7) is 10.2. The minimum Gasteiger partial charge on any atom is -0.481 e. The lowest BCUT2D eigenvalue weighted by Gasteiger charge is -2.23. The summed E-state index contributed by atoms with van der Waals surface area (Å²) >= 11 is 0. The van der Waals surface area contributed by atoms with Crippen molar-refractivity contribution >= 4 is 5.91 Å².